The molecule has 2 aromatic rings. The van der Waals surface area contributed by atoms with Crippen molar-refractivity contribution < 1.29 is 9.47 Å². The van der Waals surface area contributed by atoms with Gasteiger partial charge in [0, 0.05) is 24.0 Å². The first-order valence-electron chi connectivity index (χ1n) is 5.63. The van der Waals surface area contributed by atoms with E-state index in [0.717, 1.165) is 22.6 Å². The number of methoxy groups -OCH3 is 2. The average Bonchev–Trinajstić information content (AvgIpc) is 2.46. The summed E-state index contributed by atoms with van der Waals surface area (Å²) in [5.74, 6) is 1.58. The maximum absolute atomic E-state index is 5.33. The predicted octanol–water partition coefficient (Wildman–Crippen LogP) is 3.27. The molecule has 0 bridgehead atoms. The SMILES string of the molecule is COc1ccc(C=Cc2ccncc2)c(OC)c1. The number of ether oxygens (including phenoxy) is 2. The third-order valence-electron chi connectivity index (χ3n) is 2.60. The van der Waals surface area contributed by atoms with Crippen molar-refractivity contribution in [3.8, 4) is 11.5 Å². The van der Waals surface area contributed by atoms with Gasteiger partial charge < -0.3 is 9.47 Å². The largest absolute Gasteiger partial charge is 0.497 e. The maximum atomic E-state index is 5.33. The van der Waals surface area contributed by atoms with Crippen LogP contribution in [0.4, 0.5) is 0 Å². The van der Waals surface area contributed by atoms with Crippen LogP contribution in [-0.2, 0) is 0 Å². The zero-order valence-electron chi connectivity index (χ0n) is 10.5. The van der Waals surface area contributed by atoms with Gasteiger partial charge in [-0.25, -0.2) is 0 Å². The van der Waals surface area contributed by atoms with Gasteiger partial charge in [0.25, 0.3) is 0 Å². The third-order valence-corrected chi connectivity index (χ3v) is 2.60. The Hall–Kier alpha value is -2.29. The van der Waals surface area contributed by atoms with Crippen LogP contribution >= 0.6 is 0 Å². The van der Waals surface area contributed by atoms with Crippen molar-refractivity contribution >= 4 is 12.2 Å². The fourth-order valence-electron chi connectivity index (χ4n) is 1.62. The van der Waals surface area contributed by atoms with E-state index < -0.39 is 0 Å². The molecule has 0 saturated heterocycles. The molecule has 92 valence electrons. The minimum atomic E-state index is 0.785. The fraction of sp³-hybridized carbons (Fsp3) is 0.133. The lowest BCUT2D eigenvalue weighted by Gasteiger charge is -2.07. The molecule has 2 rings (SSSR count). The van der Waals surface area contributed by atoms with E-state index in [1.54, 1.807) is 26.6 Å². The molecule has 0 spiro atoms. The molecule has 0 amide bonds. The van der Waals surface area contributed by atoms with Crippen molar-refractivity contribution in [3.63, 3.8) is 0 Å². The highest BCUT2D eigenvalue weighted by molar-refractivity contribution is 5.72. The van der Waals surface area contributed by atoms with Gasteiger partial charge in [0.15, 0.2) is 0 Å². The molecule has 0 saturated carbocycles. The van der Waals surface area contributed by atoms with Crippen molar-refractivity contribution in [1.29, 1.82) is 0 Å². The molecular formula is C15H15NO2. The molecule has 18 heavy (non-hydrogen) atoms. The van der Waals surface area contributed by atoms with E-state index in [9.17, 15) is 0 Å². The Morgan fingerprint density at radius 2 is 1.72 bits per heavy atom. The summed E-state index contributed by atoms with van der Waals surface area (Å²) >= 11 is 0. The van der Waals surface area contributed by atoms with Crippen LogP contribution in [-0.4, -0.2) is 19.2 Å². The molecule has 0 unspecified atom stereocenters. The second-order valence-electron chi connectivity index (χ2n) is 3.72. The highest BCUT2D eigenvalue weighted by Crippen LogP contribution is 2.26. The van der Waals surface area contributed by atoms with Crippen LogP contribution < -0.4 is 9.47 Å². The molecule has 0 aliphatic rings. The highest BCUT2D eigenvalue weighted by atomic mass is 16.5. The average molecular weight is 241 g/mol. The van der Waals surface area contributed by atoms with Crippen molar-refractivity contribution in [1.82, 2.24) is 4.98 Å². The van der Waals surface area contributed by atoms with E-state index in [-0.39, 0.29) is 0 Å². The number of benzene rings is 1. The van der Waals surface area contributed by atoms with Crippen molar-refractivity contribution in [2.45, 2.75) is 0 Å². The summed E-state index contributed by atoms with van der Waals surface area (Å²) in [6.45, 7) is 0. The number of nitrogens with zero attached hydrogens (tertiary/aromatic N) is 1. The molecule has 0 aliphatic heterocycles. The molecule has 1 aromatic carbocycles. The molecular weight excluding hydrogens is 226 g/mol. The first-order valence-corrected chi connectivity index (χ1v) is 5.63. The number of aromatic nitrogens is 1. The number of hydrogen-bond donors (Lipinski definition) is 0. The summed E-state index contributed by atoms with van der Waals surface area (Å²) in [7, 11) is 3.29. The Balaban J connectivity index is 2.26. The van der Waals surface area contributed by atoms with Gasteiger partial charge in [-0.05, 0) is 29.8 Å². The molecule has 3 nitrogen and oxygen atoms in total. The molecule has 3 heteroatoms. The minimum absolute atomic E-state index is 0.785. The van der Waals surface area contributed by atoms with Crippen LogP contribution in [0.3, 0.4) is 0 Å². The zero-order chi connectivity index (χ0) is 12.8. The van der Waals surface area contributed by atoms with Crippen LogP contribution in [0.15, 0.2) is 42.7 Å². The van der Waals surface area contributed by atoms with Gasteiger partial charge in [-0.2, -0.15) is 0 Å². The highest BCUT2D eigenvalue weighted by Gasteiger charge is 2.01. The van der Waals surface area contributed by atoms with Gasteiger partial charge in [0.1, 0.15) is 11.5 Å². The number of pyridine rings is 1. The van der Waals surface area contributed by atoms with Crippen LogP contribution in [0.25, 0.3) is 12.2 Å². The molecule has 0 N–H and O–H groups in total. The lowest BCUT2D eigenvalue weighted by atomic mass is 10.1. The first kappa shape index (κ1) is 12.2. The molecule has 1 heterocycles. The zero-order valence-corrected chi connectivity index (χ0v) is 10.5. The summed E-state index contributed by atoms with van der Waals surface area (Å²) in [5.41, 5.74) is 2.11. The minimum Gasteiger partial charge on any atom is -0.497 e. The Morgan fingerprint density at radius 3 is 2.39 bits per heavy atom. The van der Waals surface area contributed by atoms with Gasteiger partial charge in [0.05, 0.1) is 14.2 Å². The summed E-state index contributed by atoms with van der Waals surface area (Å²) in [4.78, 5) is 3.98. The smallest absolute Gasteiger partial charge is 0.129 e. The van der Waals surface area contributed by atoms with Gasteiger partial charge >= 0.3 is 0 Å². The van der Waals surface area contributed by atoms with E-state index in [1.165, 1.54) is 0 Å². The lowest BCUT2D eigenvalue weighted by Crippen LogP contribution is -1.89. The standard InChI is InChI=1S/C15H15NO2/c1-17-14-6-5-13(15(11-14)18-2)4-3-12-7-9-16-10-8-12/h3-11H,1-2H3. The number of rotatable bonds is 4. The van der Waals surface area contributed by atoms with Crippen molar-refractivity contribution in [3.05, 3.63) is 53.9 Å². The van der Waals surface area contributed by atoms with Crippen LogP contribution in [0.2, 0.25) is 0 Å². The molecule has 0 radical (unpaired) electrons. The van der Waals surface area contributed by atoms with Crippen LogP contribution in [0, 0.1) is 0 Å². The molecule has 1 aromatic heterocycles. The van der Waals surface area contributed by atoms with Gasteiger partial charge in [0.2, 0.25) is 0 Å². The number of hydrogen-bond acceptors (Lipinski definition) is 3. The summed E-state index contributed by atoms with van der Waals surface area (Å²) < 4.78 is 10.5. The van der Waals surface area contributed by atoms with E-state index in [1.807, 2.05) is 42.5 Å². The Bertz CT molecular complexity index is 535. The van der Waals surface area contributed by atoms with Gasteiger partial charge in [-0.1, -0.05) is 12.2 Å². The fourth-order valence-corrected chi connectivity index (χ4v) is 1.62. The summed E-state index contributed by atoms with van der Waals surface area (Å²) in [6.07, 6.45) is 7.56. The van der Waals surface area contributed by atoms with Gasteiger partial charge in [-0.3, -0.25) is 4.98 Å². The normalized spacial score (nSPS) is 10.6. The topological polar surface area (TPSA) is 31.4 Å². The molecule has 0 aliphatic carbocycles. The van der Waals surface area contributed by atoms with Crippen LogP contribution in [0.1, 0.15) is 11.1 Å². The third kappa shape index (κ3) is 2.88. The Labute approximate surface area is 107 Å². The second-order valence-corrected chi connectivity index (χ2v) is 3.72. The summed E-state index contributed by atoms with van der Waals surface area (Å²) in [6, 6.07) is 9.65. The summed E-state index contributed by atoms with van der Waals surface area (Å²) in [5, 5.41) is 0. The second kappa shape index (κ2) is 5.87. The van der Waals surface area contributed by atoms with Gasteiger partial charge in [-0.15, -0.1) is 0 Å². The maximum Gasteiger partial charge on any atom is 0.129 e. The monoisotopic (exact) mass is 241 g/mol. The quantitative estimate of drug-likeness (QED) is 0.823. The van der Waals surface area contributed by atoms with E-state index in [0.29, 0.717) is 0 Å². The van der Waals surface area contributed by atoms with E-state index in [2.05, 4.69) is 4.98 Å². The Kier molecular flexibility index (Phi) is 3.97. The van der Waals surface area contributed by atoms with E-state index >= 15 is 0 Å². The molecule has 0 fully saturated rings. The van der Waals surface area contributed by atoms with Crippen molar-refractivity contribution in [2.24, 2.45) is 0 Å². The Morgan fingerprint density at radius 1 is 0.944 bits per heavy atom. The lowest BCUT2D eigenvalue weighted by molar-refractivity contribution is 0.394. The first-order chi connectivity index (χ1) is 8.83. The van der Waals surface area contributed by atoms with Crippen LogP contribution in [0.5, 0.6) is 11.5 Å². The van der Waals surface area contributed by atoms with Crippen molar-refractivity contribution in [2.75, 3.05) is 14.2 Å². The molecule has 0 atom stereocenters. The van der Waals surface area contributed by atoms with E-state index in [4.69, 9.17) is 9.47 Å². The predicted molar refractivity (Wildman–Crippen MR) is 72.7 cm³/mol.